The number of benzene rings is 2. The fourth-order valence-electron chi connectivity index (χ4n) is 2.50. The van der Waals surface area contributed by atoms with Gasteiger partial charge < -0.3 is 9.47 Å². The van der Waals surface area contributed by atoms with E-state index in [9.17, 15) is 0 Å². The monoisotopic (exact) mass is 364 g/mol. The molecule has 2 heterocycles. The summed E-state index contributed by atoms with van der Waals surface area (Å²) in [5.41, 5.74) is 1.94. The van der Waals surface area contributed by atoms with E-state index in [4.69, 9.17) is 9.47 Å². The molecule has 0 saturated heterocycles. The van der Waals surface area contributed by atoms with E-state index in [-0.39, 0.29) is 0 Å². The first-order valence-electron chi connectivity index (χ1n) is 7.99. The van der Waals surface area contributed by atoms with Crippen LogP contribution in [-0.4, -0.2) is 33.5 Å². The molecule has 0 unspecified atom stereocenters. The first kappa shape index (κ1) is 16.3. The van der Waals surface area contributed by atoms with Crippen molar-refractivity contribution in [1.82, 2.24) is 19.8 Å². The van der Waals surface area contributed by atoms with E-state index < -0.39 is 0 Å². The fourth-order valence-corrected chi connectivity index (χ4v) is 3.35. The van der Waals surface area contributed by atoms with E-state index in [1.807, 2.05) is 48.5 Å². The minimum atomic E-state index is 0.487. The second-order valence-corrected chi connectivity index (χ2v) is 6.43. The summed E-state index contributed by atoms with van der Waals surface area (Å²) < 4.78 is 12.5. The molecular formula is C19H16N4O2S. The molecule has 0 saturated carbocycles. The van der Waals surface area contributed by atoms with Gasteiger partial charge in [0.05, 0.1) is 7.11 Å². The normalized spacial score (nSPS) is 10.8. The summed E-state index contributed by atoms with van der Waals surface area (Å²) in [7, 11) is 1.64. The van der Waals surface area contributed by atoms with Crippen LogP contribution in [-0.2, 0) is 0 Å². The predicted molar refractivity (Wildman–Crippen MR) is 102 cm³/mol. The fraction of sp³-hybridized carbons (Fsp3) is 0.105. The Hall–Kier alpha value is -3.19. The highest BCUT2D eigenvalue weighted by Gasteiger charge is 2.14. The number of fused-ring (bicyclic) bond motifs is 1. The molecule has 0 spiro atoms. The van der Waals surface area contributed by atoms with Gasteiger partial charge in [0.1, 0.15) is 23.1 Å². The number of methoxy groups -OCH3 is 1. The standard InChI is InChI=1S/C19H16N4O2S/c1-3-12-25-16-10-6-14(7-11-16)18-22-23-17(20-21-19(23)26-18)13-4-8-15(24-2)9-5-13/h3-11H,1,12H2,2H3. The molecule has 0 aliphatic heterocycles. The van der Waals surface area contributed by atoms with Crippen LogP contribution < -0.4 is 9.47 Å². The van der Waals surface area contributed by atoms with Crippen molar-refractivity contribution in [2.75, 3.05) is 13.7 Å². The Morgan fingerprint density at radius 2 is 1.69 bits per heavy atom. The molecule has 0 fully saturated rings. The highest BCUT2D eigenvalue weighted by Crippen LogP contribution is 2.29. The van der Waals surface area contributed by atoms with Gasteiger partial charge in [-0.2, -0.15) is 9.61 Å². The van der Waals surface area contributed by atoms with Gasteiger partial charge in [-0.15, -0.1) is 10.2 Å². The van der Waals surface area contributed by atoms with Crippen LogP contribution in [0.2, 0.25) is 0 Å². The van der Waals surface area contributed by atoms with Crippen LogP contribution in [0.4, 0.5) is 0 Å². The van der Waals surface area contributed by atoms with Gasteiger partial charge in [0.25, 0.3) is 0 Å². The summed E-state index contributed by atoms with van der Waals surface area (Å²) in [5, 5.41) is 14.0. The van der Waals surface area contributed by atoms with Gasteiger partial charge in [-0.25, -0.2) is 0 Å². The van der Waals surface area contributed by atoms with Gasteiger partial charge in [0.15, 0.2) is 5.82 Å². The molecule has 7 heteroatoms. The zero-order valence-corrected chi connectivity index (χ0v) is 14.9. The third kappa shape index (κ3) is 3.04. The zero-order chi connectivity index (χ0) is 17.9. The zero-order valence-electron chi connectivity index (χ0n) is 14.1. The lowest BCUT2D eigenvalue weighted by atomic mass is 10.2. The third-order valence-electron chi connectivity index (χ3n) is 3.81. The minimum Gasteiger partial charge on any atom is -0.497 e. The summed E-state index contributed by atoms with van der Waals surface area (Å²) in [6, 6.07) is 15.5. The molecule has 0 aliphatic rings. The van der Waals surface area contributed by atoms with Crippen molar-refractivity contribution in [3.63, 3.8) is 0 Å². The first-order valence-corrected chi connectivity index (χ1v) is 8.81. The Balaban J connectivity index is 1.65. The molecule has 0 radical (unpaired) electrons. The van der Waals surface area contributed by atoms with Crippen molar-refractivity contribution in [1.29, 1.82) is 0 Å². The molecule has 2 aromatic heterocycles. The molecule has 4 aromatic rings. The van der Waals surface area contributed by atoms with Crippen molar-refractivity contribution in [3.8, 4) is 33.5 Å². The van der Waals surface area contributed by atoms with E-state index in [2.05, 4.69) is 21.9 Å². The van der Waals surface area contributed by atoms with Crippen molar-refractivity contribution in [2.24, 2.45) is 0 Å². The molecule has 0 N–H and O–H groups in total. The van der Waals surface area contributed by atoms with Crippen LogP contribution in [0.1, 0.15) is 0 Å². The quantitative estimate of drug-likeness (QED) is 0.482. The van der Waals surface area contributed by atoms with Gasteiger partial charge in [0.2, 0.25) is 4.96 Å². The van der Waals surface area contributed by atoms with Crippen molar-refractivity contribution >= 4 is 16.3 Å². The molecular weight excluding hydrogens is 348 g/mol. The number of hydrogen-bond donors (Lipinski definition) is 0. The number of rotatable bonds is 6. The van der Waals surface area contributed by atoms with E-state index in [1.54, 1.807) is 17.7 Å². The second kappa shape index (κ2) is 6.97. The molecule has 4 rings (SSSR count). The maximum atomic E-state index is 5.51. The van der Waals surface area contributed by atoms with Crippen LogP contribution in [0.25, 0.3) is 26.9 Å². The molecule has 0 atom stereocenters. The molecule has 2 aromatic carbocycles. The lowest BCUT2D eigenvalue weighted by molar-refractivity contribution is 0.363. The molecule has 0 bridgehead atoms. The lowest BCUT2D eigenvalue weighted by Gasteiger charge is -2.03. The average Bonchev–Trinajstić information content (AvgIpc) is 3.28. The van der Waals surface area contributed by atoms with Gasteiger partial charge >= 0.3 is 0 Å². The van der Waals surface area contributed by atoms with E-state index in [0.29, 0.717) is 12.4 Å². The topological polar surface area (TPSA) is 61.5 Å². The number of aromatic nitrogens is 4. The molecule has 0 amide bonds. The van der Waals surface area contributed by atoms with Gasteiger partial charge in [-0.3, -0.25) is 0 Å². The molecule has 26 heavy (non-hydrogen) atoms. The summed E-state index contributed by atoms with van der Waals surface area (Å²) >= 11 is 1.49. The lowest BCUT2D eigenvalue weighted by Crippen LogP contribution is -1.93. The Morgan fingerprint density at radius 3 is 2.38 bits per heavy atom. The highest BCUT2D eigenvalue weighted by atomic mass is 32.1. The highest BCUT2D eigenvalue weighted by molar-refractivity contribution is 7.19. The van der Waals surface area contributed by atoms with Gasteiger partial charge in [-0.05, 0) is 48.5 Å². The van der Waals surface area contributed by atoms with E-state index >= 15 is 0 Å². The Bertz CT molecular complexity index is 1040. The Morgan fingerprint density at radius 1 is 1.00 bits per heavy atom. The summed E-state index contributed by atoms with van der Waals surface area (Å²) in [6.07, 6.45) is 1.72. The second-order valence-electron chi connectivity index (χ2n) is 5.48. The number of nitrogens with zero attached hydrogens (tertiary/aromatic N) is 4. The summed E-state index contributed by atoms with van der Waals surface area (Å²) in [4.78, 5) is 0.748. The smallest absolute Gasteiger partial charge is 0.235 e. The molecule has 0 aliphatic carbocycles. The van der Waals surface area contributed by atoms with E-state index in [1.165, 1.54) is 11.3 Å². The third-order valence-corrected chi connectivity index (χ3v) is 4.76. The van der Waals surface area contributed by atoms with Crippen molar-refractivity contribution in [2.45, 2.75) is 0 Å². The van der Waals surface area contributed by atoms with Crippen molar-refractivity contribution in [3.05, 3.63) is 61.2 Å². The summed E-state index contributed by atoms with van der Waals surface area (Å²) in [6.45, 7) is 4.13. The molecule has 130 valence electrons. The first-order chi connectivity index (χ1) is 12.8. The van der Waals surface area contributed by atoms with Crippen LogP contribution >= 0.6 is 11.3 Å². The van der Waals surface area contributed by atoms with Gasteiger partial charge in [-0.1, -0.05) is 24.0 Å². The van der Waals surface area contributed by atoms with Crippen LogP contribution in [0, 0.1) is 0 Å². The van der Waals surface area contributed by atoms with Crippen LogP contribution in [0.15, 0.2) is 61.2 Å². The predicted octanol–water partition coefficient (Wildman–Crippen LogP) is 4.09. The Kier molecular flexibility index (Phi) is 4.37. The average molecular weight is 364 g/mol. The SMILES string of the molecule is C=CCOc1ccc(-c2nn3c(-c4ccc(OC)cc4)nnc3s2)cc1. The maximum Gasteiger partial charge on any atom is 0.235 e. The minimum absolute atomic E-state index is 0.487. The number of hydrogen-bond acceptors (Lipinski definition) is 6. The van der Waals surface area contributed by atoms with Crippen LogP contribution in [0.3, 0.4) is 0 Å². The maximum absolute atomic E-state index is 5.51. The number of ether oxygens (including phenoxy) is 2. The Labute approximate surface area is 154 Å². The summed E-state index contributed by atoms with van der Waals surface area (Å²) in [5.74, 6) is 2.30. The van der Waals surface area contributed by atoms with Crippen LogP contribution in [0.5, 0.6) is 11.5 Å². The van der Waals surface area contributed by atoms with Gasteiger partial charge in [0, 0.05) is 11.1 Å². The van der Waals surface area contributed by atoms with E-state index in [0.717, 1.165) is 32.6 Å². The largest absolute Gasteiger partial charge is 0.497 e. The van der Waals surface area contributed by atoms with Crippen molar-refractivity contribution < 1.29 is 9.47 Å². The molecule has 6 nitrogen and oxygen atoms in total.